The van der Waals surface area contributed by atoms with Crippen molar-refractivity contribution in [2.45, 2.75) is 42.8 Å². The van der Waals surface area contributed by atoms with Crippen LogP contribution in [0, 0.1) is 0 Å². The van der Waals surface area contributed by atoms with E-state index < -0.39 is 20.3 Å². The number of amides is 1. The maximum absolute atomic E-state index is 13.1. The van der Waals surface area contributed by atoms with E-state index in [2.05, 4.69) is 15.9 Å². The third-order valence-corrected chi connectivity index (χ3v) is 5.88. The minimum Gasteiger partial charge on any atom is -0.272 e. The first-order valence-electron chi connectivity index (χ1n) is 7.93. The second-order valence-electron chi connectivity index (χ2n) is 6.22. The molecule has 0 aliphatic heterocycles. The smallest absolute Gasteiger partial charge is 0.266 e. The lowest BCUT2D eigenvalue weighted by molar-refractivity contribution is -0.128. The topological polar surface area (TPSA) is 54.5 Å². The van der Waals surface area contributed by atoms with Gasteiger partial charge < -0.3 is 0 Å². The van der Waals surface area contributed by atoms with Crippen LogP contribution in [0.4, 0.5) is 0 Å². The summed E-state index contributed by atoms with van der Waals surface area (Å²) in [5.41, 5.74) is 0. The van der Waals surface area contributed by atoms with Crippen LogP contribution >= 0.6 is 15.9 Å². The zero-order valence-corrected chi connectivity index (χ0v) is 16.5. The van der Waals surface area contributed by atoms with Gasteiger partial charge in [0.2, 0.25) is 0 Å². The highest BCUT2D eigenvalue weighted by molar-refractivity contribution is 9.10. The molecule has 130 valence electrons. The third kappa shape index (κ3) is 3.98. The number of hydrogen-bond donors (Lipinski definition) is 0. The summed E-state index contributed by atoms with van der Waals surface area (Å²) in [6, 6.07) is 12.5. The summed E-state index contributed by atoms with van der Waals surface area (Å²) in [6.45, 7) is 5.46. The Kier molecular flexibility index (Phi) is 5.71. The number of carbonyl (C=O) groups is 1. The van der Waals surface area contributed by atoms with Crippen LogP contribution in [-0.2, 0) is 14.8 Å². The predicted molar refractivity (Wildman–Crippen MR) is 101 cm³/mol. The van der Waals surface area contributed by atoms with Crippen molar-refractivity contribution in [2.24, 2.45) is 0 Å². The van der Waals surface area contributed by atoms with Crippen molar-refractivity contribution >= 4 is 42.6 Å². The van der Waals surface area contributed by atoms with E-state index in [-0.39, 0.29) is 11.4 Å². The first-order chi connectivity index (χ1) is 11.2. The molecule has 1 amide bonds. The van der Waals surface area contributed by atoms with Gasteiger partial charge in [-0.1, -0.05) is 59.6 Å². The number of alkyl halides is 1. The summed E-state index contributed by atoms with van der Waals surface area (Å²) in [4.78, 5) is 12.8. The van der Waals surface area contributed by atoms with Crippen LogP contribution in [0.15, 0.2) is 47.4 Å². The fraction of sp³-hybridized carbons (Fsp3) is 0.389. The highest BCUT2D eigenvalue weighted by atomic mass is 79.9. The Morgan fingerprint density at radius 2 is 1.75 bits per heavy atom. The number of nitrogens with zero attached hydrogens (tertiary/aromatic N) is 1. The fourth-order valence-electron chi connectivity index (χ4n) is 2.38. The molecular formula is C18H22BrNO3S. The van der Waals surface area contributed by atoms with Crippen molar-refractivity contribution in [1.82, 2.24) is 4.31 Å². The van der Waals surface area contributed by atoms with E-state index in [1.165, 1.54) is 0 Å². The van der Waals surface area contributed by atoms with E-state index >= 15 is 0 Å². The molecule has 0 atom stereocenters. The Hall–Kier alpha value is -1.40. The average Bonchev–Trinajstić information content (AvgIpc) is 2.53. The summed E-state index contributed by atoms with van der Waals surface area (Å²) in [7, 11) is -3.89. The summed E-state index contributed by atoms with van der Waals surface area (Å²) in [5, 5.41) is 1.79. The van der Waals surface area contributed by atoms with Crippen molar-refractivity contribution in [2.75, 3.05) is 6.54 Å². The molecule has 6 heteroatoms. The maximum Gasteiger partial charge on any atom is 0.266 e. The zero-order valence-electron chi connectivity index (χ0n) is 14.1. The zero-order chi connectivity index (χ0) is 18.0. The van der Waals surface area contributed by atoms with Crippen molar-refractivity contribution in [3.63, 3.8) is 0 Å². The molecule has 0 saturated carbocycles. The lowest BCUT2D eigenvalue weighted by atomic mass is 10.1. The number of halogens is 1. The van der Waals surface area contributed by atoms with E-state index in [1.807, 2.05) is 31.2 Å². The van der Waals surface area contributed by atoms with Crippen molar-refractivity contribution < 1.29 is 13.2 Å². The monoisotopic (exact) mass is 411 g/mol. The Morgan fingerprint density at radius 3 is 2.33 bits per heavy atom. The lowest BCUT2D eigenvalue weighted by Gasteiger charge is -2.28. The van der Waals surface area contributed by atoms with Gasteiger partial charge in [-0.2, -0.15) is 0 Å². The molecule has 2 aromatic carbocycles. The number of unbranched alkanes of at least 4 members (excludes halogenated alkanes) is 1. The van der Waals surface area contributed by atoms with Gasteiger partial charge in [0.15, 0.2) is 0 Å². The normalized spacial score (nSPS) is 12.3. The standard InChI is InChI=1S/C18H22BrNO3S/c1-4-5-12-20(17(21)18(2,3)19)24(22,23)16-11-10-14-8-6-7-9-15(14)13-16/h6-11,13H,4-5,12H2,1-3H3. The van der Waals surface area contributed by atoms with Gasteiger partial charge in [0.25, 0.3) is 15.9 Å². The van der Waals surface area contributed by atoms with Crippen LogP contribution in [0.5, 0.6) is 0 Å². The highest BCUT2D eigenvalue weighted by Crippen LogP contribution is 2.27. The molecule has 0 heterocycles. The Morgan fingerprint density at radius 1 is 1.12 bits per heavy atom. The second-order valence-corrected chi connectivity index (χ2v) is 10.1. The van der Waals surface area contributed by atoms with E-state index in [9.17, 15) is 13.2 Å². The van der Waals surface area contributed by atoms with E-state index in [0.29, 0.717) is 6.42 Å². The van der Waals surface area contributed by atoms with Gasteiger partial charge in [-0.25, -0.2) is 12.7 Å². The first-order valence-corrected chi connectivity index (χ1v) is 10.2. The summed E-state index contributed by atoms with van der Waals surface area (Å²) < 4.78 is 26.2. The molecule has 4 nitrogen and oxygen atoms in total. The van der Waals surface area contributed by atoms with Crippen LogP contribution in [0.25, 0.3) is 10.8 Å². The molecule has 0 N–H and O–H groups in total. The van der Waals surface area contributed by atoms with Crippen LogP contribution in [0.3, 0.4) is 0 Å². The molecule has 0 fully saturated rings. The molecule has 0 spiro atoms. The Labute approximate surface area is 152 Å². The maximum atomic E-state index is 13.1. The summed E-state index contributed by atoms with van der Waals surface area (Å²) >= 11 is 3.29. The van der Waals surface area contributed by atoms with Crippen molar-refractivity contribution in [3.05, 3.63) is 42.5 Å². The Balaban J connectivity index is 2.50. The number of rotatable bonds is 6. The van der Waals surface area contributed by atoms with E-state index in [4.69, 9.17) is 0 Å². The highest BCUT2D eigenvalue weighted by Gasteiger charge is 2.36. The first kappa shape index (κ1) is 18.9. The SMILES string of the molecule is CCCCN(C(=O)C(C)(C)Br)S(=O)(=O)c1ccc2ccccc2c1. The number of sulfonamides is 1. The predicted octanol–water partition coefficient (Wildman–Crippen LogP) is 4.33. The van der Waals surface area contributed by atoms with Gasteiger partial charge in [0.1, 0.15) is 0 Å². The Bertz CT molecular complexity index is 841. The molecule has 0 saturated heterocycles. The van der Waals surface area contributed by atoms with Crippen LogP contribution in [0.1, 0.15) is 33.6 Å². The molecule has 0 aromatic heterocycles. The van der Waals surface area contributed by atoms with Gasteiger partial charge in [-0.3, -0.25) is 4.79 Å². The number of fused-ring (bicyclic) bond motifs is 1. The van der Waals surface area contributed by atoms with Gasteiger partial charge in [0, 0.05) is 6.54 Å². The molecule has 0 aliphatic carbocycles. The minimum absolute atomic E-state index is 0.141. The number of benzene rings is 2. The van der Waals surface area contributed by atoms with E-state index in [1.54, 1.807) is 32.0 Å². The quantitative estimate of drug-likeness (QED) is 0.664. The molecule has 0 unspecified atom stereocenters. The molecule has 2 rings (SSSR count). The fourth-order valence-corrected chi connectivity index (χ4v) is 4.30. The van der Waals surface area contributed by atoms with Crippen LogP contribution < -0.4 is 0 Å². The van der Waals surface area contributed by atoms with Gasteiger partial charge in [-0.05, 0) is 43.2 Å². The molecule has 0 aliphatic rings. The number of hydrogen-bond acceptors (Lipinski definition) is 3. The molecule has 0 bridgehead atoms. The van der Waals surface area contributed by atoms with Crippen molar-refractivity contribution in [3.8, 4) is 0 Å². The molecule has 0 radical (unpaired) electrons. The molecule has 24 heavy (non-hydrogen) atoms. The molecule has 2 aromatic rings. The van der Waals surface area contributed by atoms with Crippen LogP contribution in [-0.4, -0.2) is 29.5 Å². The van der Waals surface area contributed by atoms with E-state index in [0.717, 1.165) is 21.5 Å². The largest absolute Gasteiger partial charge is 0.272 e. The summed E-state index contributed by atoms with van der Waals surface area (Å²) in [5.74, 6) is -0.455. The minimum atomic E-state index is -3.89. The van der Waals surface area contributed by atoms with Gasteiger partial charge in [0.05, 0.1) is 9.22 Å². The number of carbonyl (C=O) groups excluding carboxylic acids is 1. The summed E-state index contributed by atoms with van der Waals surface area (Å²) in [6.07, 6.45) is 1.43. The van der Waals surface area contributed by atoms with Gasteiger partial charge in [-0.15, -0.1) is 0 Å². The average molecular weight is 412 g/mol. The van der Waals surface area contributed by atoms with Crippen molar-refractivity contribution in [1.29, 1.82) is 0 Å². The lowest BCUT2D eigenvalue weighted by Crippen LogP contribution is -2.45. The van der Waals surface area contributed by atoms with Gasteiger partial charge >= 0.3 is 0 Å². The third-order valence-electron chi connectivity index (χ3n) is 3.76. The molecular weight excluding hydrogens is 390 g/mol. The van der Waals surface area contributed by atoms with Crippen LogP contribution in [0.2, 0.25) is 0 Å². The second kappa shape index (κ2) is 7.23.